The maximum absolute atomic E-state index is 12.6. The van der Waals surface area contributed by atoms with Crippen LogP contribution in [0, 0.1) is 5.92 Å². The predicted molar refractivity (Wildman–Crippen MR) is 94.6 cm³/mol. The van der Waals surface area contributed by atoms with Gasteiger partial charge >= 0.3 is 0 Å². The Balaban J connectivity index is 1.48. The number of hydrogen-bond donors (Lipinski definition) is 1. The molecule has 2 aromatic heterocycles. The van der Waals surface area contributed by atoms with E-state index in [4.69, 9.17) is 0 Å². The standard InChI is InChI=1S/C16H21BrN6O/c1-22-15-12(13(17)21-22)14(18-9-19-15)20-11-6-7-23(8-11)16(24)10-4-2-3-5-10/h9-11H,2-8H2,1H3,(H,18,19,20). The van der Waals surface area contributed by atoms with Crippen LogP contribution in [0.3, 0.4) is 0 Å². The van der Waals surface area contributed by atoms with Crippen LogP contribution in [-0.4, -0.2) is 49.7 Å². The van der Waals surface area contributed by atoms with Gasteiger partial charge in [0, 0.05) is 32.1 Å². The van der Waals surface area contributed by atoms with E-state index in [0.29, 0.717) is 5.91 Å². The minimum atomic E-state index is 0.223. The summed E-state index contributed by atoms with van der Waals surface area (Å²) in [5, 5.41) is 8.72. The normalized spacial score (nSPS) is 21.8. The molecule has 128 valence electrons. The molecule has 1 aliphatic heterocycles. The van der Waals surface area contributed by atoms with Gasteiger partial charge in [0.05, 0.1) is 5.39 Å². The lowest BCUT2D eigenvalue weighted by atomic mass is 10.1. The van der Waals surface area contributed by atoms with E-state index in [9.17, 15) is 4.79 Å². The molecule has 1 aliphatic carbocycles. The number of likely N-dealkylation sites (tertiary alicyclic amines) is 1. The van der Waals surface area contributed by atoms with Gasteiger partial charge in [-0.1, -0.05) is 12.8 Å². The van der Waals surface area contributed by atoms with Crippen LogP contribution in [0.5, 0.6) is 0 Å². The summed E-state index contributed by atoms with van der Waals surface area (Å²) in [6.07, 6.45) is 7.00. The zero-order valence-electron chi connectivity index (χ0n) is 13.7. The van der Waals surface area contributed by atoms with Gasteiger partial charge in [0.15, 0.2) is 5.65 Å². The van der Waals surface area contributed by atoms with Crippen molar-refractivity contribution in [2.24, 2.45) is 13.0 Å². The second-order valence-electron chi connectivity index (χ2n) is 6.73. The summed E-state index contributed by atoms with van der Waals surface area (Å²) in [5.41, 5.74) is 0.788. The van der Waals surface area contributed by atoms with E-state index < -0.39 is 0 Å². The number of nitrogens with one attached hydrogen (secondary N) is 1. The number of rotatable bonds is 3. The van der Waals surface area contributed by atoms with Gasteiger partial charge in [0.25, 0.3) is 0 Å². The minimum absolute atomic E-state index is 0.223. The molecule has 8 heteroatoms. The van der Waals surface area contributed by atoms with Crippen molar-refractivity contribution < 1.29 is 4.79 Å². The highest BCUT2D eigenvalue weighted by Crippen LogP contribution is 2.30. The van der Waals surface area contributed by atoms with Gasteiger partial charge in [0.1, 0.15) is 16.7 Å². The average Bonchev–Trinajstić information content (AvgIpc) is 3.29. The first kappa shape index (κ1) is 15.8. The van der Waals surface area contributed by atoms with Crippen LogP contribution in [0.4, 0.5) is 5.82 Å². The summed E-state index contributed by atoms with van der Waals surface area (Å²) in [7, 11) is 1.86. The Morgan fingerprint density at radius 1 is 1.29 bits per heavy atom. The molecule has 2 fully saturated rings. The van der Waals surface area contributed by atoms with Gasteiger partial charge in [-0.2, -0.15) is 5.10 Å². The third-order valence-corrected chi connectivity index (χ3v) is 5.68. The summed E-state index contributed by atoms with van der Waals surface area (Å²) in [6.45, 7) is 1.58. The van der Waals surface area contributed by atoms with Crippen molar-refractivity contribution in [2.75, 3.05) is 18.4 Å². The molecule has 2 aromatic rings. The van der Waals surface area contributed by atoms with E-state index in [1.165, 1.54) is 12.8 Å². The fourth-order valence-electron chi connectivity index (χ4n) is 3.85. The first-order valence-electron chi connectivity index (χ1n) is 8.52. The Kier molecular flexibility index (Phi) is 4.15. The number of carbonyl (C=O) groups excluding carboxylic acids is 1. The molecule has 1 N–H and O–H groups in total. The second-order valence-corrected chi connectivity index (χ2v) is 7.48. The lowest BCUT2D eigenvalue weighted by Gasteiger charge is -2.21. The molecule has 1 saturated carbocycles. The van der Waals surface area contributed by atoms with Crippen LogP contribution in [0.25, 0.3) is 11.0 Å². The molecule has 0 spiro atoms. The molecule has 7 nitrogen and oxygen atoms in total. The topological polar surface area (TPSA) is 75.9 Å². The number of amides is 1. The maximum atomic E-state index is 12.6. The number of fused-ring (bicyclic) bond motifs is 1. The Morgan fingerprint density at radius 3 is 2.88 bits per heavy atom. The first-order chi connectivity index (χ1) is 11.6. The van der Waals surface area contributed by atoms with Crippen molar-refractivity contribution in [1.29, 1.82) is 0 Å². The fraction of sp³-hybridized carbons (Fsp3) is 0.625. The molecule has 1 saturated heterocycles. The van der Waals surface area contributed by atoms with E-state index in [0.717, 1.165) is 53.8 Å². The van der Waals surface area contributed by atoms with Crippen LogP contribution < -0.4 is 5.32 Å². The molecule has 0 aromatic carbocycles. The predicted octanol–water partition coefficient (Wildman–Crippen LogP) is 2.33. The van der Waals surface area contributed by atoms with E-state index in [1.54, 1.807) is 11.0 Å². The maximum Gasteiger partial charge on any atom is 0.225 e. The molecular formula is C16H21BrN6O. The highest BCUT2D eigenvalue weighted by molar-refractivity contribution is 9.10. The quantitative estimate of drug-likeness (QED) is 0.867. The Morgan fingerprint density at radius 2 is 2.08 bits per heavy atom. The third-order valence-electron chi connectivity index (χ3n) is 5.12. The molecular weight excluding hydrogens is 372 g/mol. The highest BCUT2D eigenvalue weighted by atomic mass is 79.9. The van der Waals surface area contributed by atoms with Gasteiger partial charge in [-0.3, -0.25) is 4.79 Å². The van der Waals surface area contributed by atoms with Gasteiger partial charge in [-0.15, -0.1) is 0 Å². The smallest absolute Gasteiger partial charge is 0.225 e. The SMILES string of the molecule is Cn1nc(Br)c2c(NC3CCN(C(=O)C4CCCC4)C3)ncnc21. The van der Waals surface area contributed by atoms with E-state index in [-0.39, 0.29) is 12.0 Å². The van der Waals surface area contributed by atoms with E-state index in [2.05, 4.69) is 36.3 Å². The molecule has 1 amide bonds. The van der Waals surface area contributed by atoms with Gasteiger partial charge in [-0.05, 0) is 35.2 Å². The number of aryl methyl sites for hydroxylation is 1. The van der Waals surface area contributed by atoms with Crippen molar-refractivity contribution in [2.45, 2.75) is 38.1 Å². The van der Waals surface area contributed by atoms with E-state index in [1.807, 2.05) is 11.9 Å². The average molecular weight is 393 g/mol. The monoisotopic (exact) mass is 392 g/mol. The van der Waals surface area contributed by atoms with Crippen molar-refractivity contribution in [3.05, 3.63) is 10.9 Å². The number of anilines is 1. The van der Waals surface area contributed by atoms with Crippen molar-refractivity contribution in [3.8, 4) is 0 Å². The Bertz CT molecular complexity index is 769. The third kappa shape index (κ3) is 2.76. The van der Waals surface area contributed by atoms with Crippen molar-refractivity contribution in [1.82, 2.24) is 24.6 Å². The van der Waals surface area contributed by atoms with Gasteiger partial charge in [0.2, 0.25) is 5.91 Å². The van der Waals surface area contributed by atoms with Crippen LogP contribution >= 0.6 is 15.9 Å². The lowest BCUT2D eigenvalue weighted by Crippen LogP contribution is -2.35. The number of hydrogen-bond acceptors (Lipinski definition) is 5. The summed E-state index contributed by atoms with van der Waals surface area (Å²) in [4.78, 5) is 23.3. The summed E-state index contributed by atoms with van der Waals surface area (Å²) in [6, 6.07) is 0.223. The zero-order chi connectivity index (χ0) is 16.7. The van der Waals surface area contributed by atoms with Crippen molar-refractivity contribution >= 4 is 38.7 Å². The number of aromatic nitrogens is 4. The molecule has 1 unspecified atom stereocenters. The highest BCUT2D eigenvalue weighted by Gasteiger charge is 2.32. The van der Waals surface area contributed by atoms with Crippen LogP contribution in [0.15, 0.2) is 10.9 Å². The first-order valence-corrected chi connectivity index (χ1v) is 9.31. The van der Waals surface area contributed by atoms with Crippen LogP contribution in [0.2, 0.25) is 0 Å². The van der Waals surface area contributed by atoms with Crippen LogP contribution in [-0.2, 0) is 11.8 Å². The molecule has 3 heterocycles. The largest absolute Gasteiger partial charge is 0.365 e. The van der Waals surface area contributed by atoms with Crippen molar-refractivity contribution in [3.63, 3.8) is 0 Å². The van der Waals surface area contributed by atoms with Gasteiger partial charge in [-0.25, -0.2) is 14.6 Å². The van der Waals surface area contributed by atoms with Crippen LogP contribution in [0.1, 0.15) is 32.1 Å². The second kappa shape index (κ2) is 6.31. The summed E-state index contributed by atoms with van der Waals surface area (Å²) < 4.78 is 2.47. The molecule has 24 heavy (non-hydrogen) atoms. The minimum Gasteiger partial charge on any atom is -0.365 e. The molecule has 2 aliphatic rings. The molecule has 0 radical (unpaired) electrons. The van der Waals surface area contributed by atoms with Gasteiger partial charge < -0.3 is 10.2 Å². The zero-order valence-corrected chi connectivity index (χ0v) is 15.3. The number of nitrogens with zero attached hydrogens (tertiary/aromatic N) is 5. The Hall–Kier alpha value is -1.70. The Labute approximate surface area is 149 Å². The molecule has 1 atom stereocenters. The fourth-order valence-corrected chi connectivity index (χ4v) is 4.46. The molecule has 0 bridgehead atoms. The summed E-state index contributed by atoms with van der Waals surface area (Å²) >= 11 is 3.48. The number of halogens is 1. The number of carbonyl (C=O) groups is 1. The molecule has 4 rings (SSSR count). The lowest BCUT2D eigenvalue weighted by molar-refractivity contribution is -0.134. The van der Waals surface area contributed by atoms with E-state index >= 15 is 0 Å². The summed E-state index contributed by atoms with van der Waals surface area (Å²) in [5.74, 6) is 1.37.